The Hall–Kier alpha value is -1.59. The van der Waals surface area contributed by atoms with Crippen LogP contribution in [0.3, 0.4) is 0 Å². The van der Waals surface area contributed by atoms with Crippen molar-refractivity contribution in [2.75, 3.05) is 0 Å². The molecule has 0 N–H and O–H groups in total. The van der Waals surface area contributed by atoms with E-state index >= 15 is 0 Å². The van der Waals surface area contributed by atoms with Gasteiger partial charge in [-0.15, -0.1) is 11.3 Å². The van der Waals surface area contributed by atoms with Crippen LogP contribution in [0.4, 0.5) is 8.78 Å². The van der Waals surface area contributed by atoms with Gasteiger partial charge in [0.15, 0.2) is 17.5 Å². The summed E-state index contributed by atoms with van der Waals surface area (Å²) < 4.78 is 26.1. The molecule has 0 unspecified atom stereocenters. The molecule has 3 rings (SSSR count). The van der Waals surface area contributed by atoms with E-state index in [1.165, 1.54) is 17.4 Å². The second-order valence-electron chi connectivity index (χ2n) is 4.04. The summed E-state index contributed by atoms with van der Waals surface area (Å²) in [6.45, 7) is 1.94. The highest BCUT2D eigenvalue weighted by Gasteiger charge is 2.12. The highest BCUT2D eigenvalue weighted by molar-refractivity contribution is 7.18. The smallest absolute Gasteiger partial charge is 0.162 e. The van der Waals surface area contributed by atoms with Crippen LogP contribution in [0.2, 0.25) is 5.15 Å². The van der Waals surface area contributed by atoms with E-state index in [1.807, 2.05) is 13.0 Å². The lowest BCUT2D eigenvalue weighted by Gasteiger charge is -2.02. The Labute approximate surface area is 116 Å². The lowest BCUT2D eigenvalue weighted by Crippen LogP contribution is -1.92. The van der Waals surface area contributed by atoms with Crippen molar-refractivity contribution in [2.45, 2.75) is 6.92 Å². The minimum Gasteiger partial charge on any atom is -0.217 e. The number of halogens is 3. The van der Waals surface area contributed by atoms with E-state index in [0.717, 1.165) is 27.2 Å². The molecule has 6 heteroatoms. The molecule has 0 saturated carbocycles. The minimum atomic E-state index is -0.931. The monoisotopic (exact) mass is 296 g/mol. The van der Waals surface area contributed by atoms with Gasteiger partial charge in [-0.25, -0.2) is 18.7 Å². The van der Waals surface area contributed by atoms with Crippen molar-refractivity contribution in [3.8, 4) is 11.4 Å². The average Bonchev–Trinajstić information content (AvgIpc) is 2.74. The van der Waals surface area contributed by atoms with E-state index in [1.54, 1.807) is 0 Å². The summed E-state index contributed by atoms with van der Waals surface area (Å²) in [5.74, 6) is -1.54. The third kappa shape index (κ3) is 2.19. The number of benzene rings is 1. The highest BCUT2D eigenvalue weighted by Crippen LogP contribution is 2.30. The molecule has 0 aliphatic carbocycles. The lowest BCUT2D eigenvalue weighted by atomic mass is 10.2. The molecule has 0 saturated heterocycles. The van der Waals surface area contributed by atoms with Crippen molar-refractivity contribution in [3.05, 3.63) is 45.9 Å². The number of hydrogen-bond acceptors (Lipinski definition) is 3. The summed E-state index contributed by atoms with van der Waals surface area (Å²) in [7, 11) is 0. The predicted molar refractivity (Wildman–Crippen MR) is 72.5 cm³/mol. The standard InChI is InChI=1S/C13H7ClF2N2S/c1-6-4-8-11(14)17-12(18-13(8)19-6)7-2-3-9(15)10(16)5-7/h2-5H,1H3. The van der Waals surface area contributed by atoms with E-state index in [0.29, 0.717) is 16.5 Å². The van der Waals surface area contributed by atoms with Gasteiger partial charge in [0.1, 0.15) is 9.98 Å². The largest absolute Gasteiger partial charge is 0.217 e. The van der Waals surface area contributed by atoms with Crippen LogP contribution in [0.25, 0.3) is 21.6 Å². The summed E-state index contributed by atoms with van der Waals surface area (Å²) in [4.78, 5) is 10.3. The first-order valence-electron chi connectivity index (χ1n) is 5.44. The summed E-state index contributed by atoms with van der Waals surface area (Å²) in [5, 5.41) is 1.09. The number of nitrogens with zero attached hydrogens (tertiary/aromatic N) is 2. The third-order valence-corrected chi connectivity index (χ3v) is 3.88. The average molecular weight is 297 g/mol. The number of aryl methyl sites for hydroxylation is 1. The molecule has 19 heavy (non-hydrogen) atoms. The predicted octanol–water partition coefficient (Wildman–Crippen LogP) is 4.60. The first-order chi connectivity index (χ1) is 9.04. The summed E-state index contributed by atoms with van der Waals surface area (Å²) >= 11 is 7.56. The summed E-state index contributed by atoms with van der Waals surface area (Å²) in [6, 6.07) is 5.44. The second kappa shape index (κ2) is 4.51. The van der Waals surface area contributed by atoms with Gasteiger partial charge in [0.25, 0.3) is 0 Å². The van der Waals surface area contributed by atoms with Crippen molar-refractivity contribution in [1.82, 2.24) is 9.97 Å². The summed E-state index contributed by atoms with van der Waals surface area (Å²) in [5.41, 5.74) is 0.397. The second-order valence-corrected chi connectivity index (χ2v) is 5.64. The van der Waals surface area contributed by atoms with Crippen molar-refractivity contribution < 1.29 is 8.78 Å². The van der Waals surface area contributed by atoms with Crippen LogP contribution in [0, 0.1) is 18.6 Å². The molecule has 0 aliphatic heterocycles. The quantitative estimate of drug-likeness (QED) is 0.613. The molecule has 1 aromatic carbocycles. The van der Waals surface area contributed by atoms with Crippen molar-refractivity contribution in [1.29, 1.82) is 0 Å². The maximum atomic E-state index is 13.2. The molecule has 0 fully saturated rings. The van der Waals surface area contributed by atoms with Gasteiger partial charge in [-0.2, -0.15) is 0 Å². The number of aromatic nitrogens is 2. The van der Waals surface area contributed by atoms with Crippen LogP contribution in [-0.2, 0) is 0 Å². The molecule has 2 heterocycles. The van der Waals surface area contributed by atoms with E-state index in [4.69, 9.17) is 11.6 Å². The number of fused-ring (bicyclic) bond motifs is 1. The third-order valence-electron chi connectivity index (χ3n) is 2.65. The lowest BCUT2D eigenvalue weighted by molar-refractivity contribution is 0.509. The van der Waals surface area contributed by atoms with Crippen molar-refractivity contribution in [2.24, 2.45) is 0 Å². The van der Waals surface area contributed by atoms with Gasteiger partial charge in [0.05, 0.1) is 0 Å². The SMILES string of the molecule is Cc1cc2c(Cl)nc(-c3ccc(F)c(F)c3)nc2s1. The molecular formula is C13H7ClF2N2S. The van der Waals surface area contributed by atoms with E-state index in [-0.39, 0.29) is 0 Å². The Morgan fingerprint density at radius 1 is 1.11 bits per heavy atom. The maximum Gasteiger partial charge on any atom is 0.162 e. The molecule has 0 amide bonds. The van der Waals surface area contributed by atoms with Gasteiger partial charge in [-0.1, -0.05) is 11.6 Å². The zero-order valence-corrected chi connectivity index (χ0v) is 11.3. The Bertz CT molecular complexity index is 786. The van der Waals surface area contributed by atoms with E-state index in [9.17, 15) is 8.78 Å². The van der Waals surface area contributed by atoms with Gasteiger partial charge in [0.2, 0.25) is 0 Å². The first kappa shape index (κ1) is 12.4. The Balaban J connectivity index is 2.21. The normalized spacial score (nSPS) is 11.2. The summed E-state index contributed by atoms with van der Waals surface area (Å²) in [6.07, 6.45) is 0. The van der Waals surface area contributed by atoms with Crippen LogP contribution < -0.4 is 0 Å². The van der Waals surface area contributed by atoms with Crippen LogP contribution >= 0.6 is 22.9 Å². The molecule has 3 aromatic rings. The van der Waals surface area contributed by atoms with Gasteiger partial charge >= 0.3 is 0 Å². The Morgan fingerprint density at radius 3 is 2.63 bits per heavy atom. The molecule has 2 aromatic heterocycles. The van der Waals surface area contributed by atoms with E-state index < -0.39 is 11.6 Å². The number of thiophene rings is 1. The van der Waals surface area contributed by atoms with E-state index in [2.05, 4.69) is 9.97 Å². The number of hydrogen-bond donors (Lipinski definition) is 0. The minimum absolute atomic E-state index is 0.290. The first-order valence-corrected chi connectivity index (χ1v) is 6.63. The fraction of sp³-hybridized carbons (Fsp3) is 0.0769. The van der Waals surface area contributed by atoms with Crippen molar-refractivity contribution >= 4 is 33.2 Å². The van der Waals surface area contributed by atoms with Crippen LogP contribution in [-0.4, -0.2) is 9.97 Å². The fourth-order valence-electron chi connectivity index (χ4n) is 1.77. The molecule has 0 aliphatic rings. The molecular weight excluding hydrogens is 290 g/mol. The van der Waals surface area contributed by atoms with Gasteiger partial charge in [0, 0.05) is 15.8 Å². The molecule has 0 atom stereocenters. The van der Waals surface area contributed by atoms with Gasteiger partial charge in [-0.05, 0) is 31.2 Å². The van der Waals surface area contributed by atoms with Crippen molar-refractivity contribution in [3.63, 3.8) is 0 Å². The van der Waals surface area contributed by atoms with Crippen LogP contribution in [0.15, 0.2) is 24.3 Å². The fourth-order valence-corrected chi connectivity index (χ4v) is 2.93. The number of rotatable bonds is 1. The van der Waals surface area contributed by atoms with Gasteiger partial charge in [-0.3, -0.25) is 0 Å². The topological polar surface area (TPSA) is 25.8 Å². The zero-order valence-electron chi connectivity index (χ0n) is 9.75. The van der Waals surface area contributed by atoms with Crippen LogP contribution in [0.1, 0.15) is 4.88 Å². The molecule has 0 bridgehead atoms. The Morgan fingerprint density at radius 2 is 1.89 bits per heavy atom. The molecule has 0 radical (unpaired) electrons. The van der Waals surface area contributed by atoms with Gasteiger partial charge < -0.3 is 0 Å². The van der Waals surface area contributed by atoms with Crippen LogP contribution in [0.5, 0.6) is 0 Å². The molecule has 2 nitrogen and oxygen atoms in total. The zero-order chi connectivity index (χ0) is 13.6. The molecule has 96 valence electrons. The highest BCUT2D eigenvalue weighted by atomic mass is 35.5. The maximum absolute atomic E-state index is 13.2. The molecule has 0 spiro atoms. The Kier molecular flexibility index (Phi) is 2.95.